The van der Waals surface area contributed by atoms with Crippen molar-refractivity contribution in [2.24, 2.45) is 5.73 Å². The number of hydrogen-bond acceptors (Lipinski definition) is 8. The average molecular weight is 395 g/mol. The summed E-state index contributed by atoms with van der Waals surface area (Å²) in [5, 5.41) is 3.93. The van der Waals surface area contributed by atoms with Gasteiger partial charge in [-0.25, -0.2) is 4.98 Å². The summed E-state index contributed by atoms with van der Waals surface area (Å²) >= 11 is 1.26. The number of thiazole rings is 1. The highest BCUT2D eigenvalue weighted by Crippen LogP contribution is 2.31. The van der Waals surface area contributed by atoms with E-state index in [-0.39, 0.29) is 17.6 Å². The molecule has 0 bridgehead atoms. The van der Waals surface area contributed by atoms with E-state index in [2.05, 4.69) is 25.2 Å². The Hall–Kier alpha value is -3.04. The van der Waals surface area contributed by atoms with Gasteiger partial charge in [-0.3, -0.25) is 14.8 Å². The topological polar surface area (TPSA) is 123 Å². The highest BCUT2D eigenvalue weighted by Gasteiger charge is 2.22. The number of nitrogen functional groups attached to an aromatic ring is 1. The molecule has 5 N–H and O–H groups in total. The molecule has 3 aromatic heterocycles. The first-order valence-corrected chi connectivity index (χ1v) is 9.86. The normalized spacial score (nSPS) is 16.8. The van der Waals surface area contributed by atoms with Crippen LogP contribution in [0.5, 0.6) is 0 Å². The van der Waals surface area contributed by atoms with E-state index in [1.807, 2.05) is 18.2 Å². The van der Waals surface area contributed by atoms with Gasteiger partial charge in [-0.15, -0.1) is 0 Å². The van der Waals surface area contributed by atoms with Gasteiger partial charge >= 0.3 is 0 Å². The molecule has 1 aliphatic rings. The van der Waals surface area contributed by atoms with Crippen molar-refractivity contribution in [3.8, 4) is 10.6 Å². The number of aromatic nitrogens is 3. The molecule has 144 valence electrons. The van der Waals surface area contributed by atoms with E-state index >= 15 is 0 Å². The first-order chi connectivity index (χ1) is 13.6. The van der Waals surface area contributed by atoms with Crippen molar-refractivity contribution in [1.82, 2.24) is 15.0 Å². The van der Waals surface area contributed by atoms with Gasteiger partial charge in [0.05, 0.1) is 17.6 Å². The van der Waals surface area contributed by atoms with E-state index in [1.54, 1.807) is 24.8 Å². The van der Waals surface area contributed by atoms with E-state index in [9.17, 15) is 4.79 Å². The number of rotatable bonds is 4. The van der Waals surface area contributed by atoms with Gasteiger partial charge in [-0.1, -0.05) is 11.3 Å². The Morgan fingerprint density at radius 1 is 1.25 bits per heavy atom. The van der Waals surface area contributed by atoms with Crippen molar-refractivity contribution >= 4 is 33.6 Å². The lowest BCUT2D eigenvalue weighted by Gasteiger charge is -2.33. The smallest absolute Gasteiger partial charge is 0.277 e. The van der Waals surface area contributed by atoms with Crippen LogP contribution in [0, 0.1) is 0 Å². The molecule has 1 atom stereocenters. The van der Waals surface area contributed by atoms with Gasteiger partial charge in [0.1, 0.15) is 10.0 Å². The van der Waals surface area contributed by atoms with Gasteiger partial charge in [0, 0.05) is 43.3 Å². The van der Waals surface area contributed by atoms with E-state index in [0.717, 1.165) is 37.2 Å². The fourth-order valence-electron chi connectivity index (χ4n) is 3.28. The number of nitrogens with one attached hydrogen (secondary N) is 1. The van der Waals surface area contributed by atoms with E-state index in [1.165, 1.54) is 11.3 Å². The summed E-state index contributed by atoms with van der Waals surface area (Å²) in [4.78, 5) is 27.7. The molecule has 1 amide bonds. The van der Waals surface area contributed by atoms with Crippen LogP contribution in [0.1, 0.15) is 23.3 Å². The highest BCUT2D eigenvalue weighted by molar-refractivity contribution is 7.19. The third-order valence-corrected chi connectivity index (χ3v) is 5.56. The molecule has 1 aliphatic heterocycles. The number of carbonyl (C=O) groups excluding carboxylic acids is 1. The summed E-state index contributed by atoms with van der Waals surface area (Å²) in [6.45, 7) is 1.64. The van der Waals surface area contributed by atoms with Crippen molar-refractivity contribution in [2.45, 2.75) is 18.9 Å². The molecule has 4 rings (SSSR count). The van der Waals surface area contributed by atoms with Crippen molar-refractivity contribution in [1.29, 1.82) is 0 Å². The monoisotopic (exact) mass is 395 g/mol. The standard InChI is InChI=1S/C19H21N7OS/c20-13-4-2-8-26(11-13)15-5-7-23-10-14(15)24-18(27)16-17(21)28-19(25-16)12-3-1-6-22-9-12/h1,3,5-7,9-10,13H,2,4,8,11,20-21H2,(H,24,27). The Kier molecular flexibility index (Phi) is 5.18. The Morgan fingerprint density at radius 2 is 2.11 bits per heavy atom. The Balaban J connectivity index is 1.57. The zero-order valence-corrected chi connectivity index (χ0v) is 16.0. The molecular weight excluding hydrogens is 374 g/mol. The molecule has 0 spiro atoms. The van der Waals surface area contributed by atoms with Gasteiger partial charge < -0.3 is 21.7 Å². The summed E-state index contributed by atoms with van der Waals surface area (Å²) in [7, 11) is 0. The summed E-state index contributed by atoms with van der Waals surface area (Å²) in [5.41, 5.74) is 14.7. The second kappa shape index (κ2) is 7.91. The second-order valence-corrected chi connectivity index (χ2v) is 7.70. The molecule has 9 heteroatoms. The van der Waals surface area contributed by atoms with Crippen LogP contribution in [0.4, 0.5) is 16.4 Å². The maximum absolute atomic E-state index is 12.8. The lowest BCUT2D eigenvalue weighted by atomic mass is 10.1. The quantitative estimate of drug-likeness (QED) is 0.619. The van der Waals surface area contributed by atoms with Crippen LogP contribution >= 0.6 is 11.3 Å². The van der Waals surface area contributed by atoms with Crippen LogP contribution in [0.2, 0.25) is 0 Å². The SMILES string of the molecule is Nc1sc(-c2cccnc2)nc1C(=O)Nc1cnccc1N1CCCC(N)C1. The predicted molar refractivity (Wildman–Crippen MR) is 111 cm³/mol. The average Bonchev–Trinajstić information content (AvgIpc) is 3.11. The molecular formula is C19H21N7OS. The van der Waals surface area contributed by atoms with Crippen molar-refractivity contribution in [2.75, 3.05) is 29.0 Å². The van der Waals surface area contributed by atoms with Gasteiger partial charge in [0.15, 0.2) is 5.69 Å². The number of hydrogen-bond donors (Lipinski definition) is 3. The summed E-state index contributed by atoms with van der Waals surface area (Å²) in [5.74, 6) is -0.362. The molecule has 1 unspecified atom stereocenters. The summed E-state index contributed by atoms with van der Waals surface area (Å²) in [6, 6.07) is 5.71. The molecule has 4 heterocycles. The van der Waals surface area contributed by atoms with Gasteiger partial charge in [-0.2, -0.15) is 0 Å². The van der Waals surface area contributed by atoms with Crippen LogP contribution in [-0.4, -0.2) is 40.0 Å². The van der Waals surface area contributed by atoms with Crippen LogP contribution < -0.4 is 21.7 Å². The van der Waals surface area contributed by atoms with Crippen LogP contribution in [0.3, 0.4) is 0 Å². The van der Waals surface area contributed by atoms with Gasteiger partial charge in [-0.05, 0) is 31.0 Å². The lowest BCUT2D eigenvalue weighted by molar-refractivity contribution is 0.102. The molecule has 3 aromatic rings. The zero-order valence-electron chi connectivity index (χ0n) is 15.2. The van der Waals surface area contributed by atoms with Crippen LogP contribution in [0.25, 0.3) is 10.6 Å². The molecule has 8 nitrogen and oxygen atoms in total. The van der Waals surface area contributed by atoms with Crippen molar-refractivity contribution < 1.29 is 4.79 Å². The molecule has 1 fully saturated rings. The minimum absolute atomic E-state index is 0.127. The number of piperidine rings is 1. The molecule has 28 heavy (non-hydrogen) atoms. The predicted octanol–water partition coefficient (Wildman–Crippen LogP) is 2.36. The van der Waals surface area contributed by atoms with Crippen LogP contribution in [0.15, 0.2) is 43.0 Å². The Labute approximate surface area is 166 Å². The molecule has 0 saturated carbocycles. The Morgan fingerprint density at radius 3 is 2.89 bits per heavy atom. The Bertz CT molecular complexity index is 975. The maximum Gasteiger partial charge on any atom is 0.277 e. The fraction of sp³-hybridized carbons (Fsp3) is 0.263. The first kappa shape index (κ1) is 18.3. The number of amides is 1. The number of carbonyl (C=O) groups is 1. The molecule has 0 aromatic carbocycles. The van der Waals surface area contributed by atoms with Gasteiger partial charge in [0.25, 0.3) is 5.91 Å². The zero-order chi connectivity index (χ0) is 19.5. The lowest BCUT2D eigenvalue weighted by Crippen LogP contribution is -2.43. The molecule has 0 radical (unpaired) electrons. The van der Waals surface area contributed by atoms with E-state index < -0.39 is 0 Å². The first-order valence-electron chi connectivity index (χ1n) is 9.04. The van der Waals surface area contributed by atoms with Crippen LogP contribution in [-0.2, 0) is 0 Å². The van der Waals surface area contributed by atoms with Crippen molar-refractivity contribution in [3.05, 3.63) is 48.7 Å². The van der Waals surface area contributed by atoms with Crippen molar-refractivity contribution in [3.63, 3.8) is 0 Å². The molecule has 1 saturated heterocycles. The number of anilines is 3. The number of nitrogens with zero attached hydrogens (tertiary/aromatic N) is 4. The van der Waals surface area contributed by atoms with E-state index in [4.69, 9.17) is 11.5 Å². The highest BCUT2D eigenvalue weighted by atomic mass is 32.1. The maximum atomic E-state index is 12.8. The molecule has 0 aliphatic carbocycles. The van der Waals surface area contributed by atoms with Gasteiger partial charge in [0.2, 0.25) is 0 Å². The summed E-state index contributed by atoms with van der Waals surface area (Å²) in [6.07, 6.45) is 8.75. The third-order valence-electron chi connectivity index (χ3n) is 4.62. The number of nitrogens with two attached hydrogens (primary N) is 2. The third kappa shape index (κ3) is 3.80. The minimum atomic E-state index is -0.362. The summed E-state index contributed by atoms with van der Waals surface area (Å²) < 4.78 is 0. The number of pyridine rings is 2. The minimum Gasteiger partial charge on any atom is -0.389 e. The van der Waals surface area contributed by atoms with E-state index in [0.29, 0.717) is 15.7 Å². The second-order valence-electron chi connectivity index (χ2n) is 6.67. The fourth-order valence-corrected chi connectivity index (χ4v) is 4.10. The largest absolute Gasteiger partial charge is 0.389 e.